The molecule has 0 spiro atoms. The third-order valence-corrected chi connectivity index (χ3v) is 7.01. The number of methoxy groups -OCH3 is 1. The number of aliphatic carboxylic acids is 1. The van der Waals surface area contributed by atoms with Gasteiger partial charge in [0.2, 0.25) is 0 Å². The largest absolute Gasteiger partial charge is 0.479 e. The van der Waals surface area contributed by atoms with Gasteiger partial charge in [-0.3, -0.25) is 9.69 Å². The van der Waals surface area contributed by atoms with Gasteiger partial charge in [0.05, 0.1) is 65.0 Å². The fraction of sp³-hybridized carbons (Fsp3) is 0.452. The van der Waals surface area contributed by atoms with Crippen LogP contribution in [0.5, 0.6) is 0 Å². The van der Waals surface area contributed by atoms with Crippen LogP contribution in [0.4, 0.5) is 23.7 Å². The summed E-state index contributed by atoms with van der Waals surface area (Å²) >= 11 is 0. The lowest BCUT2D eigenvalue weighted by molar-refractivity contribution is -0.153. The Hall–Kier alpha value is -4.02. The highest BCUT2D eigenvalue weighted by Crippen LogP contribution is 2.37. The minimum Gasteiger partial charge on any atom is -0.479 e. The first kappa shape index (κ1) is 34.8. The summed E-state index contributed by atoms with van der Waals surface area (Å²) in [6.07, 6.45) is -7.57. The normalized spacial score (nSPS) is 15.8. The molecule has 2 atom stereocenters. The molecule has 1 aliphatic rings. The van der Waals surface area contributed by atoms with Crippen LogP contribution in [0.3, 0.4) is 0 Å². The summed E-state index contributed by atoms with van der Waals surface area (Å²) in [7, 11) is 1.59. The average molecular weight is 653 g/mol. The molecule has 2 aromatic carbocycles. The number of aromatic amines is 1. The second-order valence-electron chi connectivity index (χ2n) is 10.2. The Balaban J connectivity index is 1.30. The summed E-state index contributed by atoms with van der Waals surface area (Å²) in [5.41, 5.74) is -1.40. The predicted octanol–water partition coefficient (Wildman–Crippen LogP) is 4.10. The fourth-order valence-electron chi connectivity index (χ4n) is 4.79. The van der Waals surface area contributed by atoms with Crippen molar-refractivity contribution in [1.82, 2.24) is 4.98 Å². The van der Waals surface area contributed by atoms with Crippen LogP contribution in [0.1, 0.15) is 12.0 Å². The summed E-state index contributed by atoms with van der Waals surface area (Å²) in [5, 5.41) is 10.1. The highest BCUT2D eigenvalue weighted by molar-refractivity contribution is 5.95. The molecule has 2 heterocycles. The van der Waals surface area contributed by atoms with E-state index in [4.69, 9.17) is 28.4 Å². The maximum absolute atomic E-state index is 13.5. The van der Waals surface area contributed by atoms with Crippen molar-refractivity contribution in [2.45, 2.75) is 24.8 Å². The first-order valence-electron chi connectivity index (χ1n) is 14.5. The van der Waals surface area contributed by atoms with Gasteiger partial charge < -0.3 is 38.5 Å². The molecule has 15 heteroatoms. The van der Waals surface area contributed by atoms with Gasteiger partial charge >= 0.3 is 18.2 Å². The third kappa shape index (κ3) is 9.50. The SMILES string of the molecule is COCCOCCOCCOCCOC(C[C@H]1CN(c2ccc3cc(-c4ccccc4C(F)(F)F)[nH]c(=O)c3c2)C(=O)O1)C(=O)O. The zero-order valence-corrected chi connectivity index (χ0v) is 25.0. The van der Waals surface area contributed by atoms with Gasteiger partial charge in [0.1, 0.15) is 6.10 Å². The average Bonchev–Trinajstić information content (AvgIpc) is 3.40. The lowest BCUT2D eigenvalue weighted by Crippen LogP contribution is -2.32. The molecule has 2 N–H and O–H groups in total. The number of cyclic esters (lactones) is 1. The number of aromatic nitrogens is 1. The van der Waals surface area contributed by atoms with E-state index >= 15 is 0 Å². The molecule has 0 bridgehead atoms. The van der Waals surface area contributed by atoms with E-state index in [2.05, 4.69) is 4.98 Å². The number of benzene rings is 2. The number of nitrogens with one attached hydrogen (secondary N) is 1. The number of amides is 1. The molecule has 4 rings (SSSR count). The minimum absolute atomic E-state index is 0.00298. The number of carboxylic acid groups (broad SMARTS) is 1. The molecule has 0 saturated carbocycles. The van der Waals surface area contributed by atoms with E-state index in [0.29, 0.717) is 44.1 Å². The van der Waals surface area contributed by atoms with Crippen LogP contribution in [0.15, 0.2) is 53.3 Å². The van der Waals surface area contributed by atoms with E-state index in [1.165, 1.54) is 47.4 Å². The van der Waals surface area contributed by atoms with Crippen LogP contribution < -0.4 is 10.5 Å². The fourth-order valence-corrected chi connectivity index (χ4v) is 4.79. The number of anilines is 1. The molecule has 1 aliphatic heterocycles. The van der Waals surface area contributed by atoms with Gasteiger partial charge in [-0.05, 0) is 29.7 Å². The van der Waals surface area contributed by atoms with E-state index in [1.807, 2.05) is 0 Å². The summed E-state index contributed by atoms with van der Waals surface area (Å²) in [6.45, 7) is 2.55. The quantitative estimate of drug-likeness (QED) is 0.193. The van der Waals surface area contributed by atoms with Gasteiger partial charge in [0.15, 0.2) is 6.10 Å². The Bertz CT molecular complexity index is 1530. The molecular weight excluding hydrogens is 617 g/mol. The van der Waals surface area contributed by atoms with Crippen LogP contribution in [0, 0.1) is 0 Å². The number of pyridine rings is 1. The number of hydrogen-bond donors (Lipinski definition) is 2. The Morgan fingerprint density at radius 1 is 0.978 bits per heavy atom. The van der Waals surface area contributed by atoms with E-state index < -0.39 is 41.6 Å². The van der Waals surface area contributed by atoms with Crippen LogP contribution in [0.2, 0.25) is 0 Å². The number of alkyl halides is 3. The Kier molecular flexibility index (Phi) is 12.5. The number of halogens is 3. The second kappa shape index (κ2) is 16.5. The molecule has 46 heavy (non-hydrogen) atoms. The molecule has 1 aromatic heterocycles. The molecular formula is C31H35F3N2O10. The highest BCUT2D eigenvalue weighted by atomic mass is 19.4. The van der Waals surface area contributed by atoms with Crippen molar-refractivity contribution in [1.29, 1.82) is 0 Å². The maximum atomic E-state index is 13.5. The molecule has 1 unspecified atom stereocenters. The number of carbonyl (C=O) groups excluding carboxylic acids is 1. The first-order valence-corrected chi connectivity index (χ1v) is 14.5. The van der Waals surface area contributed by atoms with E-state index in [1.54, 1.807) is 7.11 Å². The summed E-state index contributed by atoms with van der Waals surface area (Å²) in [6, 6.07) is 10.8. The van der Waals surface area contributed by atoms with Gasteiger partial charge in [-0.15, -0.1) is 0 Å². The summed E-state index contributed by atoms with van der Waals surface area (Å²) in [5.74, 6) is -1.23. The molecule has 1 saturated heterocycles. The number of fused-ring (bicyclic) bond motifs is 1. The number of rotatable bonds is 18. The first-order chi connectivity index (χ1) is 22.1. The molecule has 1 amide bonds. The van der Waals surface area contributed by atoms with Gasteiger partial charge in [-0.25, -0.2) is 9.59 Å². The molecule has 3 aromatic rings. The number of nitrogens with zero attached hydrogens (tertiary/aromatic N) is 1. The van der Waals surface area contributed by atoms with Crippen molar-refractivity contribution in [3.8, 4) is 11.3 Å². The predicted molar refractivity (Wildman–Crippen MR) is 159 cm³/mol. The lowest BCUT2D eigenvalue weighted by Gasteiger charge is -2.17. The Morgan fingerprint density at radius 2 is 1.63 bits per heavy atom. The lowest BCUT2D eigenvalue weighted by atomic mass is 10.0. The van der Waals surface area contributed by atoms with Crippen LogP contribution in [-0.2, 0) is 39.4 Å². The van der Waals surface area contributed by atoms with Crippen LogP contribution in [-0.4, -0.2) is 101 Å². The zero-order valence-electron chi connectivity index (χ0n) is 25.0. The number of carbonyl (C=O) groups is 2. The molecule has 1 fully saturated rings. The third-order valence-electron chi connectivity index (χ3n) is 7.01. The molecule has 0 aliphatic carbocycles. The Labute approximate surface area is 261 Å². The molecule has 250 valence electrons. The van der Waals surface area contributed by atoms with Gasteiger partial charge in [0, 0.05) is 35.9 Å². The minimum atomic E-state index is -4.62. The second-order valence-corrected chi connectivity index (χ2v) is 10.2. The number of ether oxygens (including phenoxy) is 6. The van der Waals surface area contributed by atoms with Crippen molar-refractivity contribution < 1.29 is 56.3 Å². The summed E-state index contributed by atoms with van der Waals surface area (Å²) < 4.78 is 72.3. The molecule has 12 nitrogen and oxygen atoms in total. The van der Waals surface area contributed by atoms with Crippen LogP contribution >= 0.6 is 0 Å². The van der Waals surface area contributed by atoms with Crippen molar-refractivity contribution >= 4 is 28.5 Å². The topological polar surface area (TPSA) is 146 Å². The van der Waals surface area contributed by atoms with Gasteiger partial charge in [0.25, 0.3) is 5.56 Å². The molecule has 0 radical (unpaired) electrons. The monoisotopic (exact) mass is 652 g/mol. The van der Waals surface area contributed by atoms with Crippen LogP contribution in [0.25, 0.3) is 22.0 Å². The highest BCUT2D eigenvalue weighted by Gasteiger charge is 2.36. The number of carboxylic acids is 1. The zero-order chi connectivity index (χ0) is 33.1. The van der Waals surface area contributed by atoms with E-state index in [-0.39, 0.29) is 49.4 Å². The van der Waals surface area contributed by atoms with Crippen molar-refractivity contribution in [3.05, 3.63) is 64.4 Å². The van der Waals surface area contributed by atoms with Crippen molar-refractivity contribution in [2.75, 3.05) is 71.4 Å². The van der Waals surface area contributed by atoms with Gasteiger partial charge in [-0.2, -0.15) is 13.2 Å². The van der Waals surface area contributed by atoms with E-state index in [0.717, 1.165) is 6.07 Å². The number of H-pyrrole nitrogens is 1. The van der Waals surface area contributed by atoms with Crippen molar-refractivity contribution in [2.24, 2.45) is 0 Å². The smallest absolute Gasteiger partial charge is 0.417 e. The van der Waals surface area contributed by atoms with Crippen molar-refractivity contribution in [3.63, 3.8) is 0 Å². The van der Waals surface area contributed by atoms with E-state index in [9.17, 15) is 32.7 Å². The number of hydrogen-bond acceptors (Lipinski definition) is 9. The Morgan fingerprint density at radius 3 is 2.28 bits per heavy atom. The summed E-state index contributed by atoms with van der Waals surface area (Å²) in [4.78, 5) is 41.2. The standard InChI is InChI=1S/C31H35F3N2O10/c1-41-8-9-42-10-11-43-12-13-44-14-15-45-27(29(38)39)18-22-19-36(30(40)46-22)21-7-6-20-16-26(35-28(37)24(20)17-21)23-4-2-3-5-25(23)31(32,33)34/h2-7,16-17,22,27H,8-15,18-19H2,1H3,(H,35,37)(H,38,39)/t22-,27?/m0/s1. The van der Waals surface area contributed by atoms with Gasteiger partial charge in [-0.1, -0.05) is 24.3 Å². The maximum Gasteiger partial charge on any atom is 0.417 e.